The number of hydrogen-bond donors (Lipinski definition) is 0. The Hall–Kier alpha value is -0.0400. The van der Waals surface area contributed by atoms with Crippen molar-refractivity contribution in [1.82, 2.24) is 0 Å². The molecule has 0 amide bonds. The molecule has 0 bridgehead atoms. The van der Waals surface area contributed by atoms with Gasteiger partial charge in [-0.3, -0.25) is 0 Å². The zero-order valence-corrected chi connectivity index (χ0v) is 9.19. The second-order valence-electron chi connectivity index (χ2n) is 3.21. The molecule has 0 N–H and O–H groups in total. The van der Waals surface area contributed by atoms with Crippen molar-refractivity contribution in [3.63, 3.8) is 0 Å². The number of hydrogen-bond acceptors (Lipinski definition) is 0. The predicted molar refractivity (Wildman–Crippen MR) is 56.1 cm³/mol. The zero-order chi connectivity index (χ0) is 8.85. The highest BCUT2D eigenvalue weighted by atomic mass is 79.9. The van der Waals surface area contributed by atoms with Crippen LogP contribution in [-0.4, -0.2) is 4.83 Å². The highest BCUT2D eigenvalue weighted by Crippen LogP contribution is 2.16. The Labute approximate surface area is 78.5 Å². The van der Waals surface area contributed by atoms with Gasteiger partial charge in [0.15, 0.2) is 0 Å². The van der Waals surface area contributed by atoms with Gasteiger partial charge in [-0.05, 0) is 26.2 Å². The molecule has 0 aliphatic rings. The normalized spacial score (nSPS) is 15.3. The molecule has 0 rings (SSSR count). The molecule has 0 aliphatic carbocycles. The van der Waals surface area contributed by atoms with Crippen LogP contribution in [0.25, 0.3) is 0 Å². The van der Waals surface area contributed by atoms with Crippen LogP contribution in [0.3, 0.4) is 0 Å². The minimum atomic E-state index is 0.500. The Bertz CT molecular complexity index is 143. The molecule has 11 heavy (non-hydrogen) atoms. The highest BCUT2D eigenvalue weighted by Gasteiger charge is 2.03. The lowest BCUT2D eigenvalue weighted by molar-refractivity contribution is 0.671. The van der Waals surface area contributed by atoms with Gasteiger partial charge in [0.25, 0.3) is 0 Å². The van der Waals surface area contributed by atoms with E-state index < -0.39 is 0 Å². The molecule has 0 heterocycles. The molecular weight excluding hydrogens is 200 g/mol. The number of allylic oxidation sites excluding steroid dienone is 3. The van der Waals surface area contributed by atoms with Crippen LogP contribution in [0.1, 0.15) is 27.2 Å². The van der Waals surface area contributed by atoms with Gasteiger partial charge in [0.1, 0.15) is 0 Å². The summed E-state index contributed by atoms with van der Waals surface area (Å²) in [7, 11) is 0. The Kier molecular flexibility index (Phi) is 5.57. The van der Waals surface area contributed by atoms with Crippen molar-refractivity contribution >= 4 is 15.9 Å². The molecule has 0 aromatic rings. The van der Waals surface area contributed by atoms with Crippen LogP contribution in [0.15, 0.2) is 24.3 Å². The molecule has 1 heteroatoms. The summed E-state index contributed by atoms with van der Waals surface area (Å²) in [6.45, 7) is 10.2. The summed E-state index contributed by atoms with van der Waals surface area (Å²) in [5.74, 6) is 0.593. The van der Waals surface area contributed by atoms with E-state index in [1.165, 1.54) is 5.57 Å². The third kappa shape index (κ3) is 6.36. The summed E-state index contributed by atoms with van der Waals surface area (Å²) in [6, 6.07) is 0. The number of halogens is 1. The van der Waals surface area contributed by atoms with Crippen LogP contribution in [0.5, 0.6) is 0 Å². The van der Waals surface area contributed by atoms with Gasteiger partial charge in [-0.1, -0.05) is 40.6 Å². The fourth-order valence-electron chi connectivity index (χ4n) is 0.881. The average molecular weight is 217 g/mol. The predicted octanol–water partition coefficient (Wildman–Crippen LogP) is 3.93. The Morgan fingerprint density at radius 1 is 1.55 bits per heavy atom. The van der Waals surface area contributed by atoms with Crippen LogP contribution in [0.4, 0.5) is 0 Å². The van der Waals surface area contributed by atoms with Crippen molar-refractivity contribution in [2.24, 2.45) is 5.92 Å². The van der Waals surface area contributed by atoms with E-state index in [4.69, 9.17) is 0 Å². The van der Waals surface area contributed by atoms with E-state index in [1.54, 1.807) is 0 Å². The van der Waals surface area contributed by atoms with E-state index in [2.05, 4.69) is 49.4 Å². The van der Waals surface area contributed by atoms with Crippen molar-refractivity contribution < 1.29 is 0 Å². The largest absolute Gasteiger partial charge is 0.103 e. The molecule has 2 atom stereocenters. The average Bonchev–Trinajstić information content (AvgIpc) is 1.85. The zero-order valence-electron chi connectivity index (χ0n) is 7.60. The third-order valence-electron chi connectivity index (χ3n) is 1.51. The Balaban J connectivity index is 3.77. The fourth-order valence-corrected chi connectivity index (χ4v) is 2.00. The molecule has 64 valence electrons. The lowest BCUT2D eigenvalue weighted by Gasteiger charge is -2.08. The molecule has 0 radical (unpaired) electrons. The fraction of sp³-hybridized carbons (Fsp3) is 0.600. The third-order valence-corrected chi connectivity index (χ3v) is 2.15. The van der Waals surface area contributed by atoms with E-state index in [1.807, 2.05) is 6.08 Å². The first kappa shape index (κ1) is 11.0. The van der Waals surface area contributed by atoms with Gasteiger partial charge in [-0.2, -0.15) is 0 Å². The monoisotopic (exact) mass is 216 g/mol. The van der Waals surface area contributed by atoms with Gasteiger partial charge in [0.05, 0.1) is 0 Å². The van der Waals surface area contributed by atoms with Gasteiger partial charge in [-0.25, -0.2) is 0 Å². The molecule has 0 saturated heterocycles. The molecule has 2 unspecified atom stereocenters. The van der Waals surface area contributed by atoms with Gasteiger partial charge in [-0.15, -0.1) is 6.58 Å². The van der Waals surface area contributed by atoms with E-state index in [0.29, 0.717) is 10.7 Å². The molecule has 0 spiro atoms. The SMILES string of the molecule is C=CC(C)CC(Br)C=C(C)C. The standard InChI is InChI=1S/C10H17Br/c1-5-9(4)7-10(11)6-8(2)3/h5-6,9-10H,1,7H2,2-4H3. The minimum Gasteiger partial charge on any atom is -0.103 e. The van der Waals surface area contributed by atoms with E-state index in [9.17, 15) is 0 Å². The first-order chi connectivity index (χ1) is 5.06. The second kappa shape index (κ2) is 5.59. The molecule has 0 saturated carbocycles. The van der Waals surface area contributed by atoms with Crippen molar-refractivity contribution in [2.45, 2.75) is 32.0 Å². The Morgan fingerprint density at radius 2 is 2.09 bits per heavy atom. The Morgan fingerprint density at radius 3 is 2.45 bits per heavy atom. The van der Waals surface area contributed by atoms with Crippen LogP contribution < -0.4 is 0 Å². The molecule has 0 aromatic heterocycles. The van der Waals surface area contributed by atoms with Crippen LogP contribution in [-0.2, 0) is 0 Å². The topological polar surface area (TPSA) is 0 Å². The maximum Gasteiger partial charge on any atom is 0.0333 e. The first-order valence-corrected chi connectivity index (χ1v) is 4.89. The summed E-state index contributed by atoms with van der Waals surface area (Å²) < 4.78 is 0. The maximum atomic E-state index is 3.75. The lowest BCUT2D eigenvalue weighted by Crippen LogP contribution is -2.00. The van der Waals surface area contributed by atoms with Crippen LogP contribution in [0.2, 0.25) is 0 Å². The summed E-state index contributed by atoms with van der Waals surface area (Å²) >= 11 is 3.60. The summed E-state index contributed by atoms with van der Waals surface area (Å²) in [4.78, 5) is 0.500. The lowest BCUT2D eigenvalue weighted by atomic mass is 10.1. The van der Waals surface area contributed by atoms with Crippen molar-refractivity contribution in [2.75, 3.05) is 0 Å². The van der Waals surface area contributed by atoms with Crippen molar-refractivity contribution in [3.05, 3.63) is 24.3 Å². The quantitative estimate of drug-likeness (QED) is 0.494. The second-order valence-corrected chi connectivity index (χ2v) is 4.38. The summed E-state index contributed by atoms with van der Waals surface area (Å²) in [6.07, 6.45) is 5.36. The van der Waals surface area contributed by atoms with Crippen molar-refractivity contribution in [3.8, 4) is 0 Å². The van der Waals surface area contributed by atoms with E-state index in [0.717, 1.165) is 6.42 Å². The molecular formula is C10H17Br. The van der Waals surface area contributed by atoms with E-state index >= 15 is 0 Å². The molecule has 0 aromatic carbocycles. The maximum absolute atomic E-state index is 3.75. The summed E-state index contributed by atoms with van der Waals surface area (Å²) in [5, 5.41) is 0. The summed E-state index contributed by atoms with van der Waals surface area (Å²) in [5.41, 5.74) is 1.36. The minimum absolute atomic E-state index is 0.500. The van der Waals surface area contributed by atoms with Crippen LogP contribution >= 0.6 is 15.9 Å². The van der Waals surface area contributed by atoms with Gasteiger partial charge in [0, 0.05) is 4.83 Å². The van der Waals surface area contributed by atoms with Gasteiger partial charge >= 0.3 is 0 Å². The number of alkyl halides is 1. The van der Waals surface area contributed by atoms with E-state index in [-0.39, 0.29) is 0 Å². The van der Waals surface area contributed by atoms with Gasteiger partial charge in [0.2, 0.25) is 0 Å². The molecule has 0 fully saturated rings. The molecule has 0 aliphatic heterocycles. The van der Waals surface area contributed by atoms with Gasteiger partial charge < -0.3 is 0 Å². The van der Waals surface area contributed by atoms with Crippen molar-refractivity contribution in [1.29, 1.82) is 0 Å². The van der Waals surface area contributed by atoms with Crippen LogP contribution in [0, 0.1) is 5.92 Å². The smallest absolute Gasteiger partial charge is 0.0333 e. The number of rotatable bonds is 4. The molecule has 0 nitrogen and oxygen atoms in total. The highest BCUT2D eigenvalue weighted by molar-refractivity contribution is 9.09. The first-order valence-electron chi connectivity index (χ1n) is 3.98.